The highest BCUT2D eigenvalue weighted by molar-refractivity contribution is 5.75. The maximum atomic E-state index is 13.6. The van der Waals surface area contributed by atoms with E-state index < -0.39 is 0 Å². The lowest BCUT2D eigenvalue weighted by molar-refractivity contribution is 0.143. The summed E-state index contributed by atoms with van der Waals surface area (Å²) in [5, 5.41) is 2.96. The van der Waals surface area contributed by atoms with Gasteiger partial charge in [-0.2, -0.15) is 0 Å². The van der Waals surface area contributed by atoms with Gasteiger partial charge in [0.2, 0.25) is 0 Å². The molecular weight excluding hydrogens is 414 g/mol. The summed E-state index contributed by atoms with van der Waals surface area (Å²) in [5.41, 5.74) is 4.23. The van der Waals surface area contributed by atoms with Crippen molar-refractivity contribution in [1.29, 1.82) is 0 Å². The molecule has 1 aromatic heterocycles. The van der Waals surface area contributed by atoms with Crippen LogP contribution in [0.15, 0.2) is 64.4 Å². The third kappa shape index (κ3) is 4.31. The quantitative estimate of drug-likeness (QED) is 0.652. The fourth-order valence-electron chi connectivity index (χ4n) is 4.50. The Morgan fingerprint density at radius 3 is 2.55 bits per heavy atom. The molecule has 1 atom stereocenters. The molecule has 2 aromatic carbocycles. The van der Waals surface area contributed by atoms with Crippen LogP contribution < -0.4 is 10.9 Å². The van der Waals surface area contributed by atoms with Crippen LogP contribution in [0.4, 0.5) is 10.5 Å². The van der Waals surface area contributed by atoms with E-state index in [0.29, 0.717) is 44.0 Å². The number of benzene rings is 2. The molecule has 7 nitrogen and oxygen atoms in total. The Bertz CT molecular complexity index is 1250. The van der Waals surface area contributed by atoms with Gasteiger partial charge in [0.25, 0.3) is 5.56 Å². The van der Waals surface area contributed by atoms with Crippen LogP contribution in [0.1, 0.15) is 47.1 Å². The van der Waals surface area contributed by atoms with Crippen LogP contribution in [0.2, 0.25) is 0 Å². The van der Waals surface area contributed by atoms with Crippen molar-refractivity contribution in [1.82, 2.24) is 19.8 Å². The zero-order valence-corrected chi connectivity index (χ0v) is 18.7. The van der Waals surface area contributed by atoms with E-state index in [2.05, 4.69) is 10.3 Å². The first kappa shape index (κ1) is 21.1. The molecule has 2 aliphatic rings. The van der Waals surface area contributed by atoms with Crippen molar-refractivity contribution in [2.24, 2.45) is 4.99 Å². The molecule has 1 N–H and O–H groups in total. The molecule has 33 heavy (non-hydrogen) atoms. The van der Waals surface area contributed by atoms with Crippen LogP contribution in [-0.2, 0) is 19.5 Å². The highest BCUT2D eigenvalue weighted by atomic mass is 16.2. The molecule has 1 saturated heterocycles. The lowest BCUT2D eigenvalue weighted by Crippen LogP contribution is -2.49. The molecule has 2 amide bonds. The largest absolute Gasteiger partial charge is 0.338 e. The SMILES string of the molecule is Cc1ccc(CN2C(=O)NCCC2c2nc3c(c(=O)n2Cc2ccccc2)N=CCC3)cc1. The predicted molar refractivity (Wildman–Crippen MR) is 128 cm³/mol. The Morgan fingerprint density at radius 1 is 1.00 bits per heavy atom. The van der Waals surface area contributed by atoms with Gasteiger partial charge in [0.1, 0.15) is 11.5 Å². The molecule has 168 valence electrons. The Hall–Kier alpha value is -3.74. The number of urea groups is 1. The number of aromatic nitrogens is 2. The smallest absolute Gasteiger partial charge is 0.318 e. The van der Waals surface area contributed by atoms with Gasteiger partial charge in [-0.1, -0.05) is 60.2 Å². The Kier molecular flexibility index (Phi) is 5.77. The Balaban J connectivity index is 1.60. The van der Waals surface area contributed by atoms with Crippen molar-refractivity contribution >= 4 is 17.9 Å². The summed E-state index contributed by atoms with van der Waals surface area (Å²) in [4.78, 5) is 37.7. The molecule has 0 spiro atoms. The molecule has 2 aliphatic heterocycles. The van der Waals surface area contributed by atoms with Crippen LogP contribution in [-0.4, -0.2) is 33.2 Å². The molecule has 0 aliphatic carbocycles. The maximum Gasteiger partial charge on any atom is 0.318 e. The van der Waals surface area contributed by atoms with Crippen molar-refractivity contribution in [3.05, 3.63) is 93.2 Å². The number of rotatable bonds is 5. The second kappa shape index (κ2) is 9.02. The van der Waals surface area contributed by atoms with Gasteiger partial charge in [0.05, 0.1) is 18.3 Å². The third-order valence-corrected chi connectivity index (χ3v) is 6.26. The van der Waals surface area contributed by atoms with E-state index in [4.69, 9.17) is 4.98 Å². The van der Waals surface area contributed by atoms with E-state index >= 15 is 0 Å². The molecule has 1 unspecified atom stereocenters. The molecular formula is C26H27N5O2. The number of amides is 2. The zero-order valence-electron chi connectivity index (χ0n) is 18.7. The summed E-state index contributed by atoms with van der Waals surface area (Å²) in [6, 6.07) is 17.6. The van der Waals surface area contributed by atoms with Gasteiger partial charge in [-0.25, -0.2) is 9.78 Å². The zero-order chi connectivity index (χ0) is 22.8. The van der Waals surface area contributed by atoms with Crippen molar-refractivity contribution in [2.75, 3.05) is 6.54 Å². The lowest BCUT2D eigenvalue weighted by atomic mass is 10.0. The molecule has 3 aromatic rings. The number of carbonyl (C=O) groups excluding carboxylic acids is 1. The molecule has 5 rings (SSSR count). The average molecular weight is 442 g/mol. The van der Waals surface area contributed by atoms with Gasteiger partial charge >= 0.3 is 6.03 Å². The van der Waals surface area contributed by atoms with Crippen LogP contribution in [0, 0.1) is 6.92 Å². The van der Waals surface area contributed by atoms with Crippen molar-refractivity contribution in [2.45, 2.75) is 45.3 Å². The molecule has 0 bridgehead atoms. The summed E-state index contributed by atoms with van der Waals surface area (Å²) in [6.07, 6.45) is 3.92. The molecule has 0 saturated carbocycles. The number of aliphatic imine (C=N–C) groups is 1. The van der Waals surface area contributed by atoms with E-state index in [1.54, 1.807) is 15.7 Å². The van der Waals surface area contributed by atoms with Crippen LogP contribution in [0.5, 0.6) is 0 Å². The Morgan fingerprint density at radius 2 is 1.76 bits per heavy atom. The highest BCUT2D eigenvalue weighted by Crippen LogP contribution is 2.30. The molecule has 1 fully saturated rings. The van der Waals surface area contributed by atoms with E-state index in [9.17, 15) is 9.59 Å². The van der Waals surface area contributed by atoms with Gasteiger partial charge in [-0.3, -0.25) is 14.4 Å². The number of nitrogens with zero attached hydrogens (tertiary/aromatic N) is 4. The lowest BCUT2D eigenvalue weighted by Gasteiger charge is -2.37. The van der Waals surface area contributed by atoms with Gasteiger partial charge in [-0.05, 0) is 37.3 Å². The summed E-state index contributed by atoms with van der Waals surface area (Å²) in [6.45, 7) is 3.43. The summed E-state index contributed by atoms with van der Waals surface area (Å²) >= 11 is 0. The van der Waals surface area contributed by atoms with E-state index in [-0.39, 0.29) is 17.6 Å². The molecule has 7 heteroatoms. The van der Waals surface area contributed by atoms with Crippen LogP contribution >= 0.6 is 0 Å². The molecule has 3 heterocycles. The standard InChI is InChI=1S/C26H27N5O2/c1-18-9-11-20(12-10-18)16-30-22(13-15-28-26(30)33)24-29-21-8-5-14-27-23(21)25(32)31(24)17-19-6-3-2-4-7-19/h2-4,6-7,9-12,14,22H,5,8,13,15-17H2,1H3,(H,28,33). The minimum atomic E-state index is -0.298. The second-order valence-corrected chi connectivity index (χ2v) is 8.64. The van der Waals surface area contributed by atoms with Gasteiger partial charge < -0.3 is 10.2 Å². The first-order valence-corrected chi connectivity index (χ1v) is 11.4. The van der Waals surface area contributed by atoms with E-state index in [1.807, 2.05) is 61.5 Å². The fourth-order valence-corrected chi connectivity index (χ4v) is 4.50. The first-order chi connectivity index (χ1) is 16.1. The number of carbonyl (C=O) groups is 1. The summed E-state index contributed by atoms with van der Waals surface area (Å²) in [7, 11) is 0. The Labute approximate surface area is 192 Å². The topological polar surface area (TPSA) is 79.6 Å². The van der Waals surface area contributed by atoms with Gasteiger partial charge in [-0.15, -0.1) is 0 Å². The number of hydrogen-bond donors (Lipinski definition) is 1. The van der Waals surface area contributed by atoms with Gasteiger partial charge in [0.15, 0.2) is 0 Å². The number of aryl methyl sites for hydroxylation is 2. The van der Waals surface area contributed by atoms with Crippen LogP contribution in [0.3, 0.4) is 0 Å². The predicted octanol–water partition coefficient (Wildman–Crippen LogP) is 3.91. The normalized spacial score (nSPS) is 17.5. The second-order valence-electron chi connectivity index (χ2n) is 8.64. The number of fused-ring (bicyclic) bond motifs is 1. The van der Waals surface area contributed by atoms with Crippen LogP contribution in [0.25, 0.3) is 0 Å². The van der Waals surface area contributed by atoms with Crippen molar-refractivity contribution in [3.63, 3.8) is 0 Å². The maximum absolute atomic E-state index is 13.6. The fraction of sp³-hybridized carbons (Fsp3) is 0.308. The van der Waals surface area contributed by atoms with Gasteiger partial charge in [0, 0.05) is 19.3 Å². The minimum absolute atomic E-state index is 0.136. The molecule has 0 radical (unpaired) electrons. The van der Waals surface area contributed by atoms with Crippen molar-refractivity contribution in [3.8, 4) is 0 Å². The van der Waals surface area contributed by atoms with E-state index in [1.165, 1.54) is 5.56 Å². The highest BCUT2D eigenvalue weighted by Gasteiger charge is 2.33. The van der Waals surface area contributed by atoms with E-state index in [0.717, 1.165) is 23.2 Å². The van der Waals surface area contributed by atoms with Crippen molar-refractivity contribution < 1.29 is 4.79 Å². The summed E-state index contributed by atoms with van der Waals surface area (Å²) in [5.74, 6) is 0.640. The monoisotopic (exact) mass is 441 g/mol. The third-order valence-electron chi connectivity index (χ3n) is 6.26. The number of nitrogens with one attached hydrogen (secondary N) is 1. The minimum Gasteiger partial charge on any atom is -0.338 e. The average Bonchev–Trinajstić information content (AvgIpc) is 2.84. The summed E-state index contributed by atoms with van der Waals surface area (Å²) < 4.78 is 1.71. The first-order valence-electron chi connectivity index (χ1n) is 11.4. The number of hydrogen-bond acceptors (Lipinski definition) is 4.